The summed E-state index contributed by atoms with van der Waals surface area (Å²) in [6.07, 6.45) is 8.57. The van der Waals surface area contributed by atoms with E-state index in [1.54, 1.807) is 7.11 Å². The van der Waals surface area contributed by atoms with Crippen LogP contribution in [0, 0.1) is 0 Å². The third-order valence-corrected chi connectivity index (χ3v) is 4.87. The fourth-order valence-corrected chi connectivity index (χ4v) is 3.21. The Morgan fingerprint density at radius 3 is 2.52 bits per heavy atom. The first kappa shape index (κ1) is 20.9. The van der Waals surface area contributed by atoms with Crippen molar-refractivity contribution in [3.8, 4) is 5.75 Å². The number of unbranched alkanes of at least 4 members (excludes halogenated alkanes) is 1. The number of hydrogen-bond acceptors (Lipinski definition) is 3. The summed E-state index contributed by atoms with van der Waals surface area (Å²) >= 11 is 0. The number of pyridine rings is 1. The lowest BCUT2D eigenvalue weighted by Crippen LogP contribution is -2.25. The molecule has 0 aliphatic carbocycles. The molecular formula is C24H32N2O. The van der Waals surface area contributed by atoms with Crippen LogP contribution < -0.4 is 10.1 Å². The summed E-state index contributed by atoms with van der Waals surface area (Å²) in [6, 6.07) is 17.6. The summed E-state index contributed by atoms with van der Waals surface area (Å²) in [6.45, 7) is 3.19. The van der Waals surface area contributed by atoms with Gasteiger partial charge in [0.1, 0.15) is 5.75 Å². The predicted molar refractivity (Wildman–Crippen MR) is 115 cm³/mol. The van der Waals surface area contributed by atoms with Crippen LogP contribution in [-0.2, 0) is 13.0 Å². The number of nitrogens with zero attached hydrogens (tertiary/aromatic N) is 1. The van der Waals surface area contributed by atoms with Gasteiger partial charge in [-0.2, -0.15) is 0 Å². The number of benzene rings is 2. The molecule has 0 saturated heterocycles. The SMILES string of the molecule is C.COc1ccc(CCCC[C@@H](C)NCc2ccc3cnccc3c2)cc1. The van der Waals surface area contributed by atoms with Gasteiger partial charge in [-0.1, -0.05) is 38.1 Å². The highest BCUT2D eigenvalue weighted by Gasteiger charge is 2.03. The number of hydrogen-bond donors (Lipinski definition) is 1. The van der Waals surface area contributed by atoms with Crippen LogP contribution in [0.3, 0.4) is 0 Å². The zero-order chi connectivity index (χ0) is 18.2. The molecule has 3 rings (SSSR count). The van der Waals surface area contributed by atoms with E-state index in [9.17, 15) is 0 Å². The van der Waals surface area contributed by atoms with Crippen molar-refractivity contribution in [1.82, 2.24) is 10.3 Å². The normalized spacial score (nSPS) is 11.8. The van der Waals surface area contributed by atoms with E-state index in [0.29, 0.717) is 6.04 Å². The number of nitrogens with one attached hydrogen (secondary N) is 1. The maximum atomic E-state index is 5.20. The minimum Gasteiger partial charge on any atom is -0.497 e. The van der Waals surface area contributed by atoms with Crippen molar-refractivity contribution in [2.75, 3.05) is 7.11 Å². The average molecular weight is 365 g/mol. The van der Waals surface area contributed by atoms with Crippen LogP contribution in [0.1, 0.15) is 44.7 Å². The van der Waals surface area contributed by atoms with Crippen LogP contribution in [0.2, 0.25) is 0 Å². The fourth-order valence-electron chi connectivity index (χ4n) is 3.21. The van der Waals surface area contributed by atoms with Gasteiger partial charge in [-0.25, -0.2) is 0 Å². The first-order valence-electron chi connectivity index (χ1n) is 9.43. The van der Waals surface area contributed by atoms with Crippen LogP contribution >= 0.6 is 0 Å². The smallest absolute Gasteiger partial charge is 0.118 e. The Hall–Kier alpha value is -2.39. The number of fused-ring (bicyclic) bond motifs is 1. The molecule has 0 fully saturated rings. The molecule has 0 aliphatic heterocycles. The van der Waals surface area contributed by atoms with Gasteiger partial charge < -0.3 is 10.1 Å². The van der Waals surface area contributed by atoms with E-state index in [1.165, 1.54) is 41.2 Å². The zero-order valence-electron chi connectivity index (χ0n) is 15.7. The molecule has 0 amide bonds. The molecule has 1 heterocycles. The fraction of sp³-hybridized carbons (Fsp3) is 0.375. The molecule has 0 saturated carbocycles. The Bertz CT molecular complexity index is 814. The number of ether oxygens (including phenoxy) is 1. The van der Waals surface area contributed by atoms with E-state index < -0.39 is 0 Å². The first-order chi connectivity index (χ1) is 12.7. The number of rotatable bonds is 9. The predicted octanol–water partition coefficient (Wildman–Crippen LogP) is 5.77. The highest BCUT2D eigenvalue weighted by atomic mass is 16.5. The molecule has 2 aromatic carbocycles. The van der Waals surface area contributed by atoms with Crippen molar-refractivity contribution >= 4 is 10.8 Å². The number of methoxy groups -OCH3 is 1. The summed E-state index contributed by atoms with van der Waals surface area (Å²) in [5, 5.41) is 6.10. The second-order valence-corrected chi connectivity index (χ2v) is 6.93. The summed E-state index contributed by atoms with van der Waals surface area (Å²) in [7, 11) is 1.71. The maximum absolute atomic E-state index is 5.20. The van der Waals surface area contributed by atoms with Gasteiger partial charge in [0.2, 0.25) is 0 Å². The molecule has 1 atom stereocenters. The molecule has 3 nitrogen and oxygen atoms in total. The zero-order valence-corrected chi connectivity index (χ0v) is 15.7. The van der Waals surface area contributed by atoms with Crippen molar-refractivity contribution in [2.24, 2.45) is 0 Å². The van der Waals surface area contributed by atoms with Crippen LogP contribution in [0.25, 0.3) is 10.8 Å². The number of aromatic nitrogens is 1. The lowest BCUT2D eigenvalue weighted by Gasteiger charge is -2.14. The molecule has 0 bridgehead atoms. The van der Waals surface area contributed by atoms with Gasteiger partial charge in [0.25, 0.3) is 0 Å². The molecule has 3 heteroatoms. The van der Waals surface area contributed by atoms with Gasteiger partial charge >= 0.3 is 0 Å². The van der Waals surface area contributed by atoms with Gasteiger partial charge in [-0.15, -0.1) is 0 Å². The summed E-state index contributed by atoms with van der Waals surface area (Å²) in [5.41, 5.74) is 2.71. The third-order valence-electron chi connectivity index (χ3n) is 4.87. The molecule has 0 unspecified atom stereocenters. The van der Waals surface area contributed by atoms with E-state index in [-0.39, 0.29) is 7.43 Å². The third kappa shape index (κ3) is 6.37. The van der Waals surface area contributed by atoms with Crippen molar-refractivity contribution in [2.45, 2.75) is 52.6 Å². The highest BCUT2D eigenvalue weighted by molar-refractivity contribution is 5.81. The molecule has 144 valence electrons. The van der Waals surface area contributed by atoms with Crippen molar-refractivity contribution < 1.29 is 4.74 Å². The van der Waals surface area contributed by atoms with E-state index in [1.807, 2.05) is 24.5 Å². The van der Waals surface area contributed by atoms with Crippen LogP contribution in [0.5, 0.6) is 5.75 Å². The minimum atomic E-state index is 0. The average Bonchev–Trinajstić information content (AvgIpc) is 2.70. The van der Waals surface area contributed by atoms with Gasteiger partial charge in [0.15, 0.2) is 0 Å². The maximum Gasteiger partial charge on any atom is 0.118 e. The summed E-state index contributed by atoms with van der Waals surface area (Å²) < 4.78 is 5.20. The van der Waals surface area contributed by atoms with Gasteiger partial charge in [-0.3, -0.25) is 4.98 Å². The van der Waals surface area contributed by atoms with Crippen LogP contribution in [0.15, 0.2) is 60.9 Å². The summed E-state index contributed by atoms with van der Waals surface area (Å²) in [4.78, 5) is 4.17. The van der Waals surface area contributed by atoms with Crippen molar-refractivity contribution in [1.29, 1.82) is 0 Å². The Morgan fingerprint density at radius 1 is 0.963 bits per heavy atom. The Kier molecular flexibility index (Phi) is 8.28. The van der Waals surface area contributed by atoms with E-state index in [0.717, 1.165) is 18.7 Å². The van der Waals surface area contributed by atoms with Gasteiger partial charge in [0, 0.05) is 30.4 Å². The van der Waals surface area contributed by atoms with E-state index in [2.05, 4.69) is 53.6 Å². The van der Waals surface area contributed by atoms with Crippen LogP contribution in [0.4, 0.5) is 0 Å². The monoisotopic (exact) mass is 364 g/mol. The van der Waals surface area contributed by atoms with Gasteiger partial charge in [-0.05, 0) is 67.0 Å². The van der Waals surface area contributed by atoms with Crippen molar-refractivity contribution in [3.63, 3.8) is 0 Å². The van der Waals surface area contributed by atoms with Gasteiger partial charge in [0.05, 0.1) is 7.11 Å². The first-order valence-corrected chi connectivity index (χ1v) is 9.43. The minimum absolute atomic E-state index is 0. The lowest BCUT2D eigenvalue weighted by molar-refractivity contribution is 0.414. The highest BCUT2D eigenvalue weighted by Crippen LogP contribution is 2.16. The molecule has 3 aromatic rings. The molecule has 0 spiro atoms. The standard InChI is InChI=1S/C23H28N2O.CH4/c1-18(5-3-4-6-19-8-11-23(26-2)12-9-19)25-16-20-7-10-22-17-24-14-13-21(22)15-20;/h7-15,17-18,25H,3-6,16H2,1-2H3;1H4/t18-;/m1./s1. The quantitative estimate of drug-likeness (QED) is 0.489. The topological polar surface area (TPSA) is 34.1 Å². The molecular weight excluding hydrogens is 332 g/mol. The molecule has 1 N–H and O–H groups in total. The van der Waals surface area contributed by atoms with E-state index in [4.69, 9.17) is 4.74 Å². The molecule has 1 aromatic heterocycles. The molecule has 0 aliphatic rings. The summed E-state index contributed by atoms with van der Waals surface area (Å²) in [5.74, 6) is 0.927. The van der Waals surface area contributed by atoms with Crippen molar-refractivity contribution in [3.05, 3.63) is 72.1 Å². The number of aryl methyl sites for hydroxylation is 1. The Labute approximate surface area is 163 Å². The van der Waals surface area contributed by atoms with E-state index >= 15 is 0 Å². The second-order valence-electron chi connectivity index (χ2n) is 6.93. The Morgan fingerprint density at radius 2 is 1.74 bits per heavy atom. The largest absolute Gasteiger partial charge is 0.497 e. The van der Waals surface area contributed by atoms with Crippen LogP contribution in [-0.4, -0.2) is 18.1 Å². The Balaban J connectivity index is 0.00000261. The second kappa shape index (κ2) is 10.7. The molecule has 0 radical (unpaired) electrons. The lowest BCUT2D eigenvalue weighted by atomic mass is 10.0. The molecule has 27 heavy (non-hydrogen) atoms.